The number of nitrogens with zero attached hydrogens (tertiary/aromatic N) is 2. The molecule has 0 spiro atoms. The van der Waals surface area contributed by atoms with Gasteiger partial charge in [0.15, 0.2) is 6.61 Å². The Balaban J connectivity index is 1.83. The fraction of sp³-hybridized carbons (Fsp3) is 0.211. The average Bonchev–Trinajstić information content (AvgIpc) is 2.71. The van der Waals surface area contributed by atoms with Gasteiger partial charge in [0.2, 0.25) is 10.0 Å². The Kier molecular flexibility index (Phi) is 7.30. The molecule has 2 rings (SSSR count). The highest BCUT2D eigenvalue weighted by Crippen LogP contribution is 2.16. The molecule has 0 saturated carbocycles. The average molecular weight is 416 g/mol. The lowest BCUT2D eigenvalue weighted by Gasteiger charge is -2.13. The van der Waals surface area contributed by atoms with Crippen molar-refractivity contribution in [3.8, 4) is 6.07 Å². The van der Waals surface area contributed by atoms with Crippen molar-refractivity contribution in [3.63, 3.8) is 0 Å². The summed E-state index contributed by atoms with van der Waals surface area (Å²) in [5.74, 6) is -1.49. The van der Waals surface area contributed by atoms with Gasteiger partial charge in [0.05, 0.1) is 10.5 Å². The Morgan fingerprint density at radius 2 is 1.76 bits per heavy atom. The molecular formula is C19H20N4O5S. The van der Waals surface area contributed by atoms with Gasteiger partial charge in [0, 0.05) is 25.5 Å². The maximum atomic E-state index is 12.2. The van der Waals surface area contributed by atoms with Gasteiger partial charge in [-0.15, -0.1) is 0 Å². The quantitative estimate of drug-likeness (QED) is 0.616. The highest BCUT2D eigenvalue weighted by atomic mass is 32.2. The van der Waals surface area contributed by atoms with Gasteiger partial charge in [0.25, 0.3) is 5.91 Å². The number of ether oxygens (including phenoxy) is 1. The molecule has 10 heteroatoms. The van der Waals surface area contributed by atoms with E-state index in [0.717, 1.165) is 5.69 Å². The first-order valence-corrected chi connectivity index (χ1v) is 9.93. The Morgan fingerprint density at radius 3 is 2.38 bits per heavy atom. The van der Waals surface area contributed by atoms with Crippen LogP contribution in [-0.4, -0.2) is 47.5 Å². The molecular weight excluding hydrogens is 396 g/mol. The minimum absolute atomic E-state index is 0.0481. The van der Waals surface area contributed by atoms with Gasteiger partial charge in [-0.25, -0.2) is 8.42 Å². The number of benzene rings is 2. The minimum atomic E-state index is -4.07. The number of carbonyl (C=O) groups excluding carboxylic acids is 2. The first-order valence-electron chi connectivity index (χ1n) is 8.44. The van der Waals surface area contributed by atoms with E-state index in [1.54, 1.807) is 18.2 Å². The van der Waals surface area contributed by atoms with Gasteiger partial charge in [-0.3, -0.25) is 9.59 Å². The van der Waals surface area contributed by atoms with Crippen molar-refractivity contribution in [2.75, 3.05) is 37.5 Å². The Hall–Kier alpha value is -3.42. The fourth-order valence-corrected chi connectivity index (χ4v) is 3.39. The van der Waals surface area contributed by atoms with Gasteiger partial charge in [-0.2, -0.15) is 9.98 Å². The maximum Gasteiger partial charge on any atom is 0.321 e. The number of carbonyl (C=O) groups is 2. The molecule has 2 aromatic rings. The number of nitrogens with one attached hydrogen (secondary N) is 2. The third kappa shape index (κ3) is 6.31. The van der Waals surface area contributed by atoms with Crippen LogP contribution in [-0.2, 0) is 24.3 Å². The van der Waals surface area contributed by atoms with E-state index in [4.69, 9.17) is 10.00 Å². The number of amides is 1. The topological polar surface area (TPSA) is 129 Å². The summed E-state index contributed by atoms with van der Waals surface area (Å²) < 4.78 is 31.3. The second kappa shape index (κ2) is 9.68. The summed E-state index contributed by atoms with van der Waals surface area (Å²) in [5.41, 5.74) is 1.44. The predicted molar refractivity (Wildman–Crippen MR) is 107 cm³/mol. The Labute approximate surface area is 168 Å². The number of rotatable bonds is 8. The van der Waals surface area contributed by atoms with Crippen LogP contribution in [0, 0.1) is 11.3 Å². The summed E-state index contributed by atoms with van der Waals surface area (Å²) in [6, 6.07) is 14.4. The van der Waals surface area contributed by atoms with Crippen LogP contribution in [0.1, 0.15) is 5.56 Å². The van der Waals surface area contributed by atoms with Crippen LogP contribution in [0.15, 0.2) is 53.4 Å². The molecule has 0 aliphatic rings. The fourth-order valence-electron chi connectivity index (χ4n) is 2.26. The number of sulfonamides is 1. The van der Waals surface area contributed by atoms with E-state index in [9.17, 15) is 18.0 Å². The van der Waals surface area contributed by atoms with E-state index >= 15 is 0 Å². The lowest BCUT2D eigenvalue weighted by atomic mass is 10.2. The van der Waals surface area contributed by atoms with Crippen LogP contribution in [0.25, 0.3) is 0 Å². The van der Waals surface area contributed by atoms with Crippen LogP contribution in [0.4, 0.5) is 11.4 Å². The summed E-state index contributed by atoms with van der Waals surface area (Å²) in [5, 5.41) is 11.6. The first kappa shape index (κ1) is 21.9. The molecule has 9 nitrogen and oxygen atoms in total. The monoisotopic (exact) mass is 416 g/mol. The van der Waals surface area contributed by atoms with E-state index in [1.165, 1.54) is 24.3 Å². The molecule has 29 heavy (non-hydrogen) atoms. The molecule has 0 bridgehead atoms. The smallest absolute Gasteiger partial charge is 0.321 e. The van der Waals surface area contributed by atoms with E-state index in [1.807, 2.05) is 31.1 Å². The van der Waals surface area contributed by atoms with Crippen molar-refractivity contribution >= 4 is 33.3 Å². The van der Waals surface area contributed by atoms with Crippen LogP contribution in [0.3, 0.4) is 0 Å². The number of esters is 1. The number of hydrogen-bond acceptors (Lipinski definition) is 7. The van der Waals surface area contributed by atoms with E-state index in [0.29, 0.717) is 5.69 Å². The molecule has 0 radical (unpaired) electrons. The Bertz CT molecular complexity index is 1030. The predicted octanol–water partition coefficient (Wildman–Crippen LogP) is 1.08. The molecule has 0 atom stereocenters. The van der Waals surface area contributed by atoms with Crippen molar-refractivity contribution in [1.82, 2.24) is 4.72 Å². The molecule has 0 aliphatic heterocycles. The second-order valence-corrected chi connectivity index (χ2v) is 7.82. The molecule has 1 amide bonds. The molecule has 0 unspecified atom stereocenters. The zero-order valence-electron chi connectivity index (χ0n) is 15.9. The Morgan fingerprint density at radius 1 is 1.10 bits per heavy atom. The third-order valence-electron chi connectivity index (χ3n) is 3.74. The molecule has 0 fully saturated rings. The maximum absolute atomic E-state index is 12.2. The second-order valence-electron chi connectivity index (χ2n) is 6.08. The first-order chi connectivity index (χ1) is 13.7. The summed E-state index contributed by atoms with van der Waals surface area (Å²) in [6.07, 6.45) is 0. The third-order valence-corrected chi connectivity index (χ3v) is 5.19. The molecule has 2 aromatic carbocycles. The lowest BCUT2D eigenvalue weighted by molar-refractivity contribution is -0.146. The highest BCUT2D eigenvalue weighted by Gasteiger charge is 2.19. The summed E-state index contributed by atoms with van der Waals surface area (Å²) in [7, 11) is -0.296. The van der Waals surface area contributed by atoms with Crippen LogP contribution < -0.4 is 14.9 Å². The number of hydrogen-bond donors (Lipinski definition) is 2. The van der Waals surface area contributed by atoms with Gasteiger partial charge < -0.3 is 15.0 Å². The van der Waals surface area contributed by atoms with Crippen LogP contribution in [0.2, 0.25) is 0 Å². The lowest BCUT2D eigenvalue weighted by Crippen LogP contribution is -2.32. The van der Waals surface area contributed by atoms with Crippen molar-refractivity contribution in [3.05, 3.63) is 54.1 Å². The van der Waals surface area contributed by atoms with E-state index in [2.05, 4.69) is 10.0 Å². The van der Waals surface area contributed by atoms with Crippen molar-refractivity contribution < 1.29 is 22.7 Å². The highest BCUT2D eigenvalue weighted by molar-refractivity contribution is 7.89. The molecule has 152 valence electrons. The molecule has 0 saturated heterocycles. The number of nitriles is 1. The molecule has 0 aliphatic carbocycles. The molecule has 0 heterocycles. The van der Waals surface area contributed by atoms with Crippen LogP contribution >= 0.6 is 0 Å². The molecule has 2 N–H and O–H groups in total. The SMILES string of the molecule is CN(C)c1ccc(NC(=O)COC(=O)CNS(=O)(=O)c2ccccc2C#N)cc1. The number of anilines is 2. The minimum Gasteiger partial charge on any atom is -0.455 e. The van der Waals surface area contributed by atoms with Gasteiger partial charge in [-0.05, 0) is 36.4 Å². The van der Waals surface area contributed by atoms with Gasteiger partial charge >= 0.3 is 5.97 Å². The standard InChI is InChI=1S/C19H20N4O5S/c1-23(2)16-9-7-15(8-10-16)22-18(24)13-28-19(25)12-21-29(26,27)17-6-4-3-5-14(17)11-20/h3-10,21H,12-13H2,1-2H3,(H,22,24). The molecule has 0 aromatic heterocycles. The zero-order chi connectivity index (χ0) is 21.4. The van der Waals surface area contributed by atoms with Crippen molar-refractivity contribution in [2.45, 2.75) is 4.90 Å². The normalized spacial score (nSPS) is 10.7. The summed E-state index contributed by atoms with van der Waals surface area (Å²) in [6.45, 7) is -1.24. The van der Waals surface area contributed by atoms with E-state index < -0.39 is 35.1 Å². The van der Waals surface area contributed by atoms with Gasteiger partial charge in [0.1, 0.15) is 12.6 Å². The van der Waals surface area contributed by atoms with E-state index in [-0.39, 0.29) is 10.5 Å². The summed E-state index contributed by atoms with van der Waals surface area (Å²) in [4.78, 5) is 25.3. The zero-order valence-corrected chi connectivity index (χ0v) is 16.7. The largest absolute Gasteiger partial charge is 0.455 e. The van der Waals surface area contributed by atoms with Crippen LogP contribution in [0.5, 0.6) is 0 Å². The van der Waals surface area contributed by atoms with Crippen molar-refractivity contribution in [2.24, 2.45) is 0 Å². The van der Waals surface area contributed by atoms with Gasteiger partial charge in [-0.1, -0.05) is 12.1 Å². The van der Waals surface area contributed by atoms with Crippen molar-refractivity contribution in [1.29, 1.82) is 5.26 Å². The summed E-state index contributed by atoms with van der Waals surface area (Å²) >= 11 is 0.